The van der Waals surface area contributed by atoms with Crippen molar-refractivity contribution in [3.8, 4) is 11.1 Å². The fourth-order valence-electron chi connectivity index (χ4n) is 3.84. The highest BCUT2D eigenvalue weighted by molar-refractivity contribution is 5.99. The molecule has 1 aliphatic heterocycles. The van der Waals surface area contributed by atoms with Crippen LogP contribution in [0.15, 0.2) is 42.7 Å². The molecule has 6 heteroatoms. The van der Waals surface area contributed by atoms with Crippen molar-refractivity contribution >= 4 is 22.4 Å². The van der Waals surface area contributed by atoms with Crippen molar-refractivity contribution in [2.75, 3.05) is 18.4 Å². The molecular weight excluding hydrogens is 324 g/mol. The first-order chi connectivity index (χ1) is 12.8. The van der Waals surface area contributed by atoms with E-state index in [1.165, 1.54) is 11.8 Å². The highest BCUT2D eigenvalue weighted by Crippen LogP contribution is 2.32. The highest BCUT2D eigenvalue weighted by Gasteiger charge is 2.17. The molecule has 4 aromatic rings. The van der Waals surface area contributed by atoms with E-state index in [2.05, 4.69) is 46.1 Å². The Morgan fingerprint density at radius 2 is 2.15 bits per heavy atom. The summed E-state index contributed by atoms with van der Waals surface area (Å²) < 4.78 is 1.89. The Kier molecular flexibility index (Phi) is 3.64. The van der Waals surface area contributed by atoms with E-state index in [0.717, 1.165) is 53.3 Å². The fraction of sp³-hybridized carbons (Fsp3) is 0.300. The van der Waals surface area contributed by atoms with E-state index in [1.54, 1.807) is 0 Å². The van der Waals surface area contributed by atoms with Gasteiger partial charge in [0.25, 0.3) is 0 Å². The number of hydrogen-bond acceptors (Lipinski definition) is 4. The standard InChI is InChI=1S/C20H22N6/c1-13-12-26-20(23-13)16(17-11-22-18-7-3-2-6-15(17)18)9-19(25-26)24-14-5-4-8-21-10-14/h2-3,6-7,9,11-12,14,21-22H,4-5,8,10H2,1H3,(H,24,25)/t14-/m1/s1. The maximum absolute atomic E-state index is 4.75. The van der Waals surface area contributed by atoms with Gasteiger partial charge < -0.3 is 15.6 Å². The molecule has 4 heterocycles. The molecule has 1 aromatic carbocycles. The molecule has 5 rings (SSSR count). The van der Waals surface area contributed by atoms with E-state index in [1.807, 2.05) is 23.7 Å². The average molecular weight is 346 g/mol. The Balaban J connectivity index is 1.65. The largest absolute Gasteiger partial charge is 0.365 e. The van der Waals surface area contributed by atoms with E-state index in [4.69, 9.17) is 10.1 Å². The molecule has 1 saturated heterocycles. The summed E-state index contributed by atoms with van der Waals surface area (Å²) in [6.45, 7) is 4.09. The Bertz CT molecular complexity index is 1070. The number of para-hydroxylation sites is 1. The number of fused-ring (bicyclic) bond motifs is 2. The quantitative estimate of drug-likeness (QED) is 0.532. The number of anilines is 1. The number of H-pyrrole nitrogens is 1. The van der Waals surface area contributed by atoms with Crippen molar-refractivity contribution in [1.82, 2.24) is 24.9 Å². The molecule has 1 atom stereocenters. The van der Waals surface area contributed by atoms with Crippen LogP contribution in [0.2, 0.25) is 0 Å². The van der Waals surface area contributed by atoms with Crippen LogP contribution in [0.4, 0.5) is 5.82 Å². The van der Waals surface area contributed by atoms with Gasteiger partial charge in [-0.3, -0.25) is 0 Å². The third-order valence-corrected chi connectivity index (χ3v) is 5.07. The smallest absolute Gasteiger partial charge is 0.161 e. The van der Waals surface area contributed by atoms with Crippen molar-refractivity contribution in [2.24, 2.45) is 0 Å². The van der Waals surface area contributed by atoms with Gasteiger partial charge in [0.1, 0.15) is 5.82 Å². The first-order valence-corrected chi connectivity index (χ1v) is 9.19. The van der Waals surface area contributed by atoms with Crippen LogP contribution < -0.4 is 10.6 Å². The molecule has 0 spiro atoms. The molecule has 26 heavy (non-hydrogen) atoms. The lowest BCUT2D eigenvalue weighted by Gasteiger charge is -2.24. The number of benzene rings is 1. The van der Waals surface area contributed by atoms with Gasteiger partial charge in [-0.05, 0) is 38.4 Å². The Morgan fingerprint density at radius 1 is 1.23 bits per heavy atom. The predicted octanol–water partition coefficient (Wildman–Crippen LogP) is 3.35. The summed E-state index contributed by atoms with van der Waals surface area (Å²) in [6.07, 6.45) is 6.41. The van der Waals surface area contributed by atoms with Crippen LogP contribution >= 0.6 is 0 Å². The Morgan fingerprint density at radius 3 is 3.04 bits per heavy atom. The first-order valence-electron chi connectivity index (χ1n) is 9.19. The fourth-order valence-corrected chi connectivity index (χ4v) is 3.84. The molecule has 0 aliphatic carbocycles. The molecule has 1 fully saturated rings. The monoisotopic (exact) mass is 346 g/mol. The maximum atomic E-state index is 4.75. The topological polar surface area (TPSA) is 70.0 Å². The van der Waals surface area contributed by atoms with Crippen molar-refractivity contribution in [2.45, 2.75) is 25.8 Å². The van der Waals surface area contributed by atoms with Crippen molar-refractivity contribution in [3.05, 3.63) is 48.4 Å². The summed E-state index contributed by atoms with van der Waals surface area (Å²) in [6, 6.07) is 10.9. The number of nitrogens with zero attached hydrogens (tertiary/aromatic N) is 3. The number of aromatic nitrogens is 4. The molecule has 0 unspecified atom stereocenters. The van der Waals surface area contributed by atoms with E-state index in [9.17, 15) is 0 Å². The summed E-state index contributed by atoms with van der Waals surface area (Å²) in [5, 5.41) is 13.0. The molecule has 0 bridgehead atoms. The summed E-state index contributed by atoms with van der Waals surface area (Å²) >= 11 is 0. The lowest BCUT2D eigenvalue weighted by Crippen LogP contribution is -2.38. The van der Waals surface area contributed by atoms with Crippen LogP contribution in [0, 0.1) is 6.92 Å². The van der Waals surface area contributed by atoms with Crippen LogP contribution in [0.25, 0.3) is 27.7 Å². The second-order valence-corrected chi connectivity index (χ2v) is 7.03. The molecule has 0 radical (unpaired) electrons. The van der Waals surface area contributed by atoms with Gasteiger partial charge in [0, 0.05) is 40.8 Å². The minimum atomic E-state index is 0.411. The van der Waals surface area contributed by atoms with Gasteiger partial charge >= 0.3 is 0 Å². The van der Waals surface area contributed by atoms with Gasteiger partial charge in [-0.15, -0.1) is 5.10 Å². The van der Waals surface area contributed by atoms with Crippen LogP contribution in [0.1, 0.15) is 18.5 Å². The second-order valence-electron chi connectivity index (χ2n) is 7.03. The highest BCUT2D eigenvalue weighted by atomic mass is 15.3. The molecule has 0 amide bonds. The molecule has 3 aromatic heterocycles. The minimum absolute atomic E-state index is 0.411. The first kappa shape index (κ1) is 15.4. The lowest BCUT2D eigenvalue weighted by molar-refractivity contribution is 0.478. The summed E-state index contributed by atoms with van der Waals surface area (Å²) in [5.41, 5.74) is 5.24. The number of aromatic amines is 1. The molecular formula is C20H22N6. The van der Waals surface area contributed by atoms with E-state index >= 15 is 0 Å². The maximum Gasteiger partial charge on any atom is 0.161 e. The third-order valence-electron chi connectivity index (χ3n) is 5.07. The van der Waals surface area contributed by atoms with E-state index < -0.39 is 0 Å². The van der Waals surface area contributed by atoms with Gasteiger partial charge in [-0.25, -0.2) is 9.50 Å². The number of aryl methyl sites for hydroxylation is 1. The number of piperidine rings is 1. The summed E-state index contributed by atoms with van der Waals surface area (Å²) in [4.78, 5) is 8.08. The van der Waals surface area contributed by atoms with E-state index in [0.29, 0.717) is 6.04 Å². The van der Waals surface area contributed by atoms with Crippen LogP contribution in [-0.4, -0.2) is 38.7 Å². The number of nitrogens with one attached hydrogen (secondary N) is 3. The minimum Gasteiger partial charge on any atom is -0.365 e. The number of rotatable bonds is 3. The van der Waals surface area contributed by atoms with Crippen LogP contribution in [-0.2, 0) is 0 Å². The van der Waals surface area contributed by atoms with Crippen molar-refractivity contribution in [1.29, 1.82) is 0 Å². The zero-order valence-electron chi connectivity index (χ0n) is 14.8. The zero-order chi connectivity index (χ0) is 17.5. The lowest BCUT2D eigenvalue weighted by atomic mass is 10.1. The molecule has 0 saturated carbocycles. The number of hydrogen-bond donors (Lipinski definition) is 3. The average Bonchev–Trinajstić information content (AvgIpc) is 3.24. The van der Waals surface area contributed by atoms with Crippen LogP contribution in [0.3, 0.4) is 0 Å². The van der Waals surface area contributed by atoms with Gasteiger partial charge in [-0.1, -0.05) is 18.2 Å². The third kappa shape index (κ3) is 2.63. The Labute approximate surface area is 151 Å². The van der Waals surface area contributed by atoms with Gasteiger partial charge in [0.15, 0.2) is 5.65 Å². The van der Waals surface area contributed by atoms with Crippen molar-refractivity contribution in [3.63, 3.8) is 0 Å². The van der Waals surface area contributed by atoms with Gasteiger partial charge in [0.2, 0.25) is 0 Å². The number of imidazole rings is 1. The van der Waals surface area contributed by atoms with Gasteiger partial charge in [-0.2, -0.15) is 0 Å². The van der Waals surface area contributed by atoms with Crippen molar-refractivity contribution < 1.29 is 0 Å². The van der Waals surface area contributed by atoms with Gasteiger partial charge in [0.05, 0.1) is 11.9 Å². The Hall–Kier alpha value is -2.86. The molecule has 132 valence electrons. The zero-order valence-corrected chi connectivity index (χ0v) is 14.8. The van der Waals surface area contributed by atoms with E-state index in [-0.39, 0.29) is 0 Å². The molecule has 1 aliphatic rings. The second kappa shape index (κ2) is 6.14. The summed E-state index contributed by atoms with van der Waals surface area (Å²) in [5.74, 6) is 0.892. The molecule has 6 nitrogen and oxygen atoms in total. The van der Waals surface area contributed by atoms with Crippen LogP contribution in [0.5, 0.6) is 0 Å². The normalized spacial score (nSPS) is 17.8. The summed E-state index contributed by atoms with van der Waals surface area (Å²) in [7, 11) is 0. The molecule has 3 N–H and O–H groups in total. The predicted molar refractivity (Wildman–Crippen MR) is 105 cm³/mol. The SMILES string of the molecule is Cc1cn2nc(N[C@@H]3CCCNC3)cc(-c3c[nH]c4ccccc34)c2n1.